The van der Waals surface area contributed by atoms with Crippen LogP contribution in [0, 0.1) is 0 Å². The Balaban J connectivity index is 1.96. The third kappa shape index (κ3) is 4.80. The second-order valence-corrected chi connectivity index (χ2v) is 7.16. The summed E-state index contributed by atoms with van der Waals surface area (Å²) in [5.74, 6) is -0.227. The van der Waals surface area contributed by atoms with Gasteiger partial charge in [-0.3, -0.25) is 4.79 Å². The molecule has 1 aliphatic carbocycles. The highest BCUT2D eigenvalue weighted by Crippen LogP contribution is 2.22. The molecule has 1 aliphatic rings. The molecular formula is C14H21N3O3S. The summed E-state index contributed by atoms with van der Waals surface area (Å²) >= 11 is 0. The maximum atomic E-state index is 12.0. The normalized spacial score (nSPS) is 16.5. The minimum atomic E-state index is -3.47. The summed E-state index contributed by atoms with van der Waals surface area (Å²) in [6.45, 7) is 2.37. The highest BCUT2D eigenvalue weighted by Gasteiger charge is 2.27. The van der Waals surface area contributed by atoms with E-state index >= 15 is 0 Å². The average Bonchev–Trinajstić information content (AvgIpc) is 3.21. The van der Waals surface area contributed by atoms with E-state index in [9.17, 15) is 13.2 Å². The van der Waals surface area contributed by atoms with Gasteiger partial charge in [-0.25, -0.2) is 13.1 Å². The molecule has 1 fully saturated rings. The lowest BCUT2D eigenvalue weighted by Crippen LogP contribution is -2.29. The predicted octanol–water partition coefficient (Wildman–Crippen LogP) is 0.594. The lowest BCUT2D eigenvalue weighted by atomic mass is 10.2. The molecule has 0 bridgehead atoms. The SMILES string of the molecule is CC(N)CCNC(=O)c1ccc(S(=O)(=O)NC2CC2)cc1. The van der Waals surface area contributed by atoms with Gasteiger partial charge in [0.05, 0.1) is 4.90 Å². The number of rotatable bonds is 7. The van der Waals surface area contributed by atoms with Crippen molar-refractivity contribution in [2.75, 3.05) is 6.54 Å². The number of carbonyl (C=O) groups excluding carboxylic acids is 1. The van der Waals surface area contributed by atoms with Crippen molar-refractivity contribution >= 4 is 15.9 Å². The fourth-order valence-corrected chi connectivity index (χ4v) is 3.09. The Morgan fingerprint density at radius 3 is 2.48 bits per heavy atom. The summed E-state index contributed by atoms with van der Waals surface area (Å²) in [5.41, 5.74) is 6.04. The first kappa shape index (κ1) is 15.9. The van der Waals surface area contributed by atoms with Crippen LogP contribution in [0.15, 0.2) is 29.2 Å². The number of hydrogen-bond donors (Lipinski definition) is 3. The number of carbonyl (C=O) groups is 1. The fraction of sp³-hybridized carbons (Fsp3) is 0.500. The van der Waals surface area contributed by atoms with Crippen LogP contribution < -0.4 is 15.8 Å². The Morgan fingerprint density at radius 2 is 1.95 bits per heavy atom. The number of nitrogens with one attached hydrogen (secondary N) is 2. The van der Waals surface area contributed by atoms with Gasteiger partial charge in [0.1, 0.15) is 0 Å². The van der Waals surface area contributed by atoms with E-state index in [0.29, 0.717) is 18.5 Å². The van der Waals surface area contributed by atoms with Gasteiger partial charge >= 0.3 is 0 Å². The van der Waals surface area contributed by atoms with Gasteiger partial charge in [-0.05, 0) is 50.5 Å². The highest BCUT2D eigenvalue weighted by atomic mass is 32.2. The van der Waals surface area contributed by atoms with E-state index in [1.54, 1.807) is 0 Å². The molecule has 0 heterocycles. The van der Waals surface area contributed by atoms with E-state index in [1.807, 2.05) is 6.92 Å². The van der Waals surface area contributed by atoms with Crippen molar-refractivity contribution in [3.05, 3.63) is 29.8 Å². The molecule has 0 saturated heterocycles. The average molecular weight is 311 g/mol. The first-order chi connectivity index (χ1) is 9.88. The minimum absolute atomic E-state index is 0.0336. The third-order valence-electron chi connectivity index (χ3n) is 3.21. The Morgan fingerprint density at radius 1 is 1.33 bits per heavy atom. The Labute approximate surface area is 125 Å². The van der Waals surface area contributed by atoms with Crippen LogP contribution in [0.25, 0.3) is 0 Å². The van der Waals surface area contributed by atoms with Gasteiger partial charge in [0.25, 0.3) is 5.91 Å². The van der Waals surface area contributed by atoms with Crippen LogP contribution >= 0.6 is 0 Å². The van der Waals surface area contributed by atoms with E-state index < -0.39 is 10.0 Å². The van der Waals surface area contributed by atoms with Gasteiger partial charge in [0.2, 0.25) is 10.0 Å². The van der Waals surface area contributed by atoms with Crippen LogP contribution in [-0.4, -0.2) is 33.0 Å². The number of benzene rings is 1. The quantitative estimate of drug-likeness (QED) is 0.686. The molecule has 2 rings (SSSR count). The molecule has 1 unspecified atom stereocenters. The number of hydrogen-bond acceptors (Lipinski definition) is 4. The Kier molecular flexibility index (Phi) is 4.97. The van der Waals surface area contributed by atoms with E-state index in [4.69, 9.17) is 5.73 Å². The third-order valence-corrected chi connectivity index (χ3v) is 4.75. The van der Waals surface area contributed by atoms with Crippen LogP contribution in [-0.2, 0) is 10.0 Å². The molecule has 1 aromatic rings. The molecule has 6 nitrogen and oxygen atoms in total. The second-order valence-electron chi connectivity index (χ2n) is 5.44. The second kappa shape index (κ2) is 6.55. The molecule has 4 N–H and O–H groups in total. The molecular weight excluding hydrogens is 290 g/mol. The molecule has 1 aromatic carbocycles. The van der Waals surface area contributed by atoms with Gasteiger partial charge in [-0.15, -0.1) is 0 Å². The first-order valence-electron chi connectivity index (χ1n) is 7.04. The monoisotopic (exact) mass is 311 g/mol. The molecule has 0 spiro atoms. The maximum Gasteiger partial charge on any atom is 0.251 e. The highest BCUT2D eigenvalue weighted by molar-refractivity contribution is 7.89. The van der Waals surface area contributed by atoms with Crippen molar-refractivity contribution in [1.82, 2.24) is 10.0 Å². The van der Waals surface area contributed by atoms with Gasteiger partial charge < -0.3 is 11.1 Å². The molecule has 7 heteroatoms. The zero-order valence-electron chi connectivity index (χ0n) is 12.0. The standard InChI is InChI=1S/C14H21N3O3S/c1-10(15)8-9-16-14(18)11-2-6-13(7-3-11)21(19,20)17-12-4-5-12/h2-3,6-7,10,12,17H,4-5,8-9,15H2,1H3,(H,16,18). The molecule has 0 aromatic heterocycles. The van der Waals surface area contributed by atoms with Crippen LogP contribution in [0.2, 0.25) is 0 Å². The van der Waals surface area contributed by atoms with Crippen molar-refractivity contribution < 1.29 is 13.2 Å². The largest absolute Gasteiger partial charge is 0.352 e. The maximum absolute atomic E-state index is 12.0. The van der Waals surface area contributed by atoms with Crippen LogP contribution in [0.4, 0.5) is 0 Å². The molecule has 0 aliphatic heterocycles. The van der Waals surface area contributed by atoms with Gasteiger partial charge in [0.15, 0.2) is 0 Å². The van der Waals surface area contributed by atoms with E-state index in [0.717, 1.165) is 12.8 Å². The molecule has 1 saturated carbocycles. The van der Waals surface area contributed by atoms with E-state index in [1.165, 1.54) is 24.3 Å². The van der Waals surface area contributed by atoms with E-state index in [-0.39, 0.29) is 22.9 Å². The number of nitrogens with two attached hydrogens (primary N) is 1. The molecule has 0 radical (unpaired) electrons. The van der Waals surface area contributed by atoms with Crippen molar-refractivity contribution in [1.29, 1.82) is 0 Å². The molecule has 1 amide bonds. The van der Waals surface area contributed by atoms with Crippen molar-refractivity contribution in [2.45, 2.75) is 43.2 Å². The zero-order valence-corrected chi connectivity index (χ0v) is 12.8. The van der Waals surface area contributed by atoms with Gasteiger partial charge in [0, 0.05) is 24.2 Å². The van der Waals surface area contributed by atoms with Gasteiger partial charge in [-0.1, -0.05) is 0 Å². The summed E-state index contributed by atoms with van der Waals surface area (Å²) < 4.78 is 26.6. The summed E-state index contributed by atoms with van der Waals surface area (Å²) in [5, 5.41) is 2.75. The molecule has 116 valence electrons. The fourth-order valence-electron chi connectivity index (χ4n) is 1.79. The Hall–Kier alpha value is -1.44. The number of sulfonamides is 1. The smallest absolute Gasteiger partial charge is 0.251 e. The topological polar surface area (TPSA) is 101 Å². The predicted molar refractivity (Wildman–Crippen MR) is 80.4 cm³/mol. The van der Waals surface area contributed by atoms with Crippen LogP contribution in [0.5, 0.6) is 0 Å². The zero-order chi connectivity index (χ0) is 15.5. The summed E-state index contributed by atoms with van der Waals surface area (Å²) in [6.07, 6.45) is 2.47. The summed E-state index contributed by atoms with van der Waals surface area (Å²) in [7, 11) is -3.47. The first-order valence-corrected chi connectivity index (χ1v) is 8.53. The van der Waals surface area contributed by atoms with Crippen molar-refractivity contribution in [3.8, 4) is 0 Å². The summed E-state index contributed by atoms with van der Waals surface area (Å²) in [4.78, 5) is 12.0. The van der Waals surface area contributed by atoms with Crippen molar-refractivity contribution in [3.63, 3.8) is 0 Å². The van der Waals surface area contributed by atoms with Crippen LogP contribution in [0.3, 0.4) is 0 Å². The van der Waals surface area contributed by atoms with Crippen LogP contribution in [0.1, 0.15) is 36.5 Å². The minimum Gasteiger partial charge on any atom is -0.352 e. The van der Waals surface area contributed by atoms with Crippen molar-refractivity contribution in [2.24, 2.45) is 5.73 Å². The molecule has 21 heavy (non-hydrogen) atoms. The Bertz CT molecular complexity index is 592. The lowest BCUT2D eigenvalue weighted by molar-refractivity contribution is 0.0952. The van der Waals surface area contributed by atoms with E-state index in [2.05, 4.69) is 10.0 Å². The summed E-state index contributed by atoms with van der Waals surface area (Å²) in [6, 6.07) is 6.03. The lowest BCUT2D eigenvalue weighted by Gasteiger charge is -2.08. The number of amides is 1. The van der Waals surface area contributed by atoms with Gasteiger partial charge in [-0.2, -0.15) is 0 Å². The molecule has 1 atom stereocenters.